The van der Waals surface area contributed by atoms with E-state index in [0.717, 1.165) is 29.7 Å². The maximum Gasteiger partial charge on any atom is 0.267 e. The molecule has 1 aromatic heterocycles. The van der Waals surface area contributed by atoms with Crippen molar-refractivity contribution >= 4 is 44.6 Å². The summed E-state index contributed by atoms with van der Waals surface area (Å²) in [5.41, 5.74) is 1.43. The van der Waals surface area contributed by atoms with Gasteiger partial charge in [-0.3, -0.25) is 4.79 Å². The molecule has 2 heterocycles. The van der Waals surface area contributed by atoms with Gasteiger partial charge in [-0.05, 0) is 48.9 Å². The van der Waals surface area contributed by atoms with Crippen molar-refractivity contribution in [3.8, 4) is 0 Å². The number of nitrogens with one attached hydrogen (secondary N) is 1. The molecule has 0 radical (unpaired) electrons. The molecule has 5 nitrogen and oxygen atoms in total. The highest BCUT2D eigenvalue weighted by molar-refractivity contribution is 7.89. The molecular weight excluding hydrogens is 368 g/mol. The van der Waals surface area contributed by atoms with Crippen molar-refractivity contribution in [1.29, 1.82) is 0 Å². The van der Waals surface area contributed by atoms with Gasteiger partial charge in [0.2, 0.25) is 10.0 Å². The van der Waals surface area contributed by atoms with Crippen LogP contribution in [0.3, 0.4) is 0 Å². The highest BCUT2D eigenvalue weighted by Crippen LogP contribution is 2.29. The van der Waals surface area contributed by atoms with Crippen LogP contribution in [0.4, 0.5) is 5.69 Å². The number of nitrogens with zero attached hydrogens (tertiary/aromatic N) is 1. The lowest BCUT2D eigenvalue weighted by molar-refractivity contribution is 0.102. The summed E-state index contributed by atoms with van der Waals surface area (Å²) >= 11 is 7.09. The van der Waals surface area contributed by atoms with Crippen molar-refractivity contribution in [2.24, 2.45) is 0 Å². The molecule has 0 atom stereocenters. The molecule has 128 valence electrons. The van der Waals surface area contributed by atoms with E-state index in [1.54, 1.807) is 23.6 Å². The average molecular weight is 385 g/mol. The highest BCUT2D eigenvalue weighted by atomic mass is 35.5. The fourth-order valence-electron chi connectivity index (χ4n) is 2.64. The third-order valence-corrected chi connectivity index (χ3v) is 7.18. The standard InChI is InChI=1S/C16H17ClN2O3S2/c1-11-4-5-12(17)10-13(11)18-16(20)15-14(6-9-23-15)24(21,22)19-7-2-3-8-19/h4-6,9-10H,2-3,7-8H2,1H3,(H,18,20). The minimum absolute atomic E-state index is 0.0755. The van der Waals surface area contributed by atoms with Gasteiger partial charge in [0.05, 0.1) is 0 Å². The largest absolute Gasteiger partial charge is 0.321 e. The summed E-state index contributed by atoms with van der Waals surface area (Å²) in [4.78, 5) is 12.9. The van der Waals surface area contributed by atoms with Gasteiger partial charge < -0.3 is 5.32 Å². The zero-order chi connectivity index (χ0) is 17.3. The summed E-state index contributed by atoms with van der Waals surface area (Å²) in [5.74, 6) is -0.437. The van der Waals surface area contributed by atoms with Crippen LogP contribution in [0.25, 0.3) is 0 Å². The lowest BCUT2D eigenvalue weighted by Crippen LogP contribution is -2.29. The Morgan fingerprint density at radius 3 is 2.67 bits per heavy atom. The maximum atomic E-state index is 12.7. The number of amides is 1. The zero-order valence-corrected chi connectivity index (χ0v) is 15.5. The van der Waals surface area contributed by atoms with E-state index in [2.05, 4.69) is 5.32 Å². The van der Waals surface area contributed by atoms with E-state index in [1.807, 2.05) is 6.92 Å². The quantitative estimate of drug-likeness (QED) is 0.872. The number of benzene rings is 1. The Hall–Kier alpha value is -1.41. The van der Waals surface area contributed by atoms with Gasteiger partial charge >= 0.3 is 0 Å². The van der Waals surface area contributed by atoms with Crippen molar-refractivity contribution in [3.63, 3.8) is 0 Å². The second-order valence-electron chi connectivity index (χ2n) is 5.64. The normalized spacial score (nSPS) is 15.6. The van der Waals surface area contributed by atoms with E-state index >= 15 is 0 Å². The third kappa shape index (κ3) is 3.35. The molecule has 1 aromatic carbocycles. The molecule has 1 aliphatic heterocycles. The number of anilines is 1. The van der Waals surface area contributed by atoms with Crippen molar-refractivity contribution in [1.82, 2.24) is 4.31 Å². The second kappa shape index (κ2) is 6.84. The molecule has 0 spiro atoms. The van der Waals surface area contributed by atoms with Crippen LogP contribution in [-0.4, -0.2) is 31.7 Å². The van der Waals surface area contributed by atoms with Gasteiger partial charge in [0.15, 0.2) is 0 Å². The first kappa shape index (κ1) is 17.4. The summed E-state index contributed by atoms with van der Waals surface area (Å²) in [6, 6.07) is 6.68. The number of carbonyl (C=O) groups is 1. The monoisotopic (exact) mass is 384 g/mol. The Morgan fingerprint density at radius 1 is 1.25 bits per heavy atom. The summed E-state index contributed by atoms with van der Waals surface area (Å²) in [6.45, 7) is 2.86. The van der Waals surface area contributed by atoms with Crippen LogP contribution < -0.4 is 5.32 Å². The molecule has 0 bridgehead atoms. The molecule has 2 aromatic rings. The van der Waals surface area contributed by atoms with Crippen LogP contribution in [-0.2, 0) is 10.0 Å². The Labute approximate surface area is 150 Å². The number of aryl methyl sites for hydroxylation is 1. The number of halogens is 1. The molecule has 1 aliphatic rings. The smallest absolute Gasteiger partial charge is 0.267 e. The van der Waals surface area contributed by atoms with E-state index < -0.39 is 15.9 Å². The van der Waals surface area contributed by atoms with Crippen LogP contribution in [0, 0.1) is 6.92 Å². The van der Waals surface area contributed by atoms with Crippen molar-refractivity contribution in [2.75, 3.05) is 18.4 Å². The van der Waals surface area contributed by atoms with Gasteiger partial charge in [-0.2, -0.15) is 4.31 Å². The molecule has 0 unspecified atom stereocenters. The van der Waals surface area contributed by atoms with E-state index in [9.17, 15) is 13.2 Å². The summed E-state index contributed by atoms with van der Waals surface area (Å²) < 4.78 is 26.9. The molecule has 1 fully saturated rings. The maximum absolute atomic E-state index is 12.7. The van der Waals surface area contributed by atoms with Gasteiger partial charge in [-0.25, -0.2) is 8.42 Å². The van der Waals surface area contributed by atoms with E-state index in [4.69, 9.17) is 11.6 Å². The van der Waals surface area contributed by atoms with Crippen molar-refractivity contribution in [2.45, 2.75) is 24.7 Å². The first-order valence-electron chi connectivity index (χ1n) is 7.55. The predicted molar refractivity (Wildman–Crippen MR) is 96.5 cm³/mol. The van der Waals surface area contributed by atoms with Crippen molar-refractivity contribution < 1.29 is 13.2 Å². The van der Waals surface area contributed by atoms with E-state index in [0.29, 0.717) is 23.8 Å². The van der Waals surface area contributed by atoms with Crippen LogP contribution in [0.2, 0.25) is 5.02 Å². The zero-order valence-electron chi connectivity index (χ0n) is 13.1. The second-order valence-corrected chi connectivity index (χ2v) is 8.90. The van der Waals surface area contributed by atoms with Gasteiger partial charge in [-0.15, -0.1) is 11.3 Å². The van der Waals surface area contributed by atoms with Gasteiger partial charge in [0.25, 0.3) is 5.91 Å². The fraction of sp³-hybridized carbons (Fsp3) is 0.312. The van der Waals surface area contributed by atoms with Crippen LogP contribution >= 0.6 is 22.9 Å². The number of hydrogen-bond acceptors (Lipinski definition) is 4. The van der Waals surface area contributed by atoms with Crippen LogP contribution in [0.15, 0.2) is 34.5 Å². The summed E-state index contributed by atoms with van der Waals surface area (Å²) in [5, 5.41) is 4.89. The molecule has 1 saturated heterocycles. The molecule has 0 saturated carbocycles. The first-order valence-corrected chi connectivity index (χ1v) is 10.2. The van der Waals surface area contributed by atoms with Crippen LogP contribution in [0.1, 0.15) is 28.1 Å². The Bertz CT molecular complexity index is 871. The van der Waals surface area contributed by atoms with Crippen molar-refractivity contribution in [3.05, 3.63) is 45.1 Å². The fourth-order valence-corrected chi connectivity index (χ4v) is 5.63. The Balaban J connectivity index is 1.89. The number of rotatable bonds is 4. The number of carbonyl (C=O) groups excluding carboxylic acids is 1. The summed E-state index contributed by atoms with van der Waals surface area (Å²) in [6.07, 6.45) is 1.71. The predicted octanol–water partition coefficient (Wildman–Crippen LogP) is 3.75. The molecule has 8 heteroatoms. The molecule has 1 N–H and O–H groups in total. The molecule has 1 amide bonds. The third-order valence-electron chi connectivity index (χ3n) is 3.97. The molecule has 0 aliphatic carbocycles. The highest BCUT2D eigenvalue weighted by Gasteiger charge is 2.31. The minimum Gasteiger partial charge on any atom is -0.321 e. The van der Waals surface area contributed by atoms with E-state index in [-0.39, 0.29) is 9.77 Å². The van der Waals surface area contributed by atoms with Gasteiger partial charge in [0, 0.05) is 23.8 Å². The topological polar surface area (TPSA) is 66.5 Å². The van der Waals surface area contributed by atoms with E-state index in [1.165, 1.54) is 10.4 Å². The SMILES string of the molecule is Cc1ccc(Cl)cc1NC(=O)c1sccc1S(=O)(=O)N1CCCC1. The molecular formula is C16H17ClN2O3S2. The van der Waals surface area contributed by atoms with Gasteiger partial charge in [0.1, 0.15) is 9.77 Å². The lowest BCUT2D eigenvalue weighted by atomic mass is 10.2. The molecule has 3 rings (SSSR count). The molecule has 24 heavy (non-hydrogen) atoms. The summed E-state index contributed by atoms with van der Waals surface area (Å²) in [7, 11) is -3.62. The van der Waals surface area contributed by atoms with Gasteiger partial charge in [-0.1, -0.05) is 17.7 Å². The average Bonchev–Trinajstić information content (AvgIpc) is 3.21. The number of hydrogen-bond donors (Lipinski definition) is 1. The van der Waals surface area contributed by atoms with Crippen LogP contribution in [0.5, 0.6) is 0 Å². The Kier molecular flexibility index (Phi) is 4.96. The Morgan fingerprint density at radius 2 is 1.96 bits per heavy atom. The number of thiophene rings is 1. The number of sulfonamides is 1. The minimum atomic E-state index is -3.62. The lowest BCUT2D eigenvalue weighted by Gasteiger charge is -2.16. The first-order chi connectivity index (χ1) is 11.4.